The van der Waals surface area contributed by atoms with E-state index in [1.807, 2.05) is 0 Å². The van der Waals surface area contributed by atoms with E-state index in [1.165, 1.54) is 17.8 Å². The van der Waals surface area contributed by atoms with Gasteiger partial charge < -0.3 is 11.1 Å². The van der Waals surface area contributed by atoms with Crippen LogP contribution in [0, 0.1) is 0 Å². The fourth-order valence-corrected chi connectivity index (χ4v) is 2.31. The van der Waals surface area contributed by atoms with Gasteiger partial charge >= 0.3 is 6.18 Å². The Hall–Kier alpha value is -1.66. The number of alkyl halides is 3. The van der Waals surface area contributed by atoms with Gasteiger partial charge in [-0.15, -0.1) is 11.8 Å². The molecule has 0 amide bonds. The zero-order chi connectivity index (χ0) is 15.5. The molecule has 112 valence electrons. The molecule has 0 atom stereocenters. The molecule has 0 aliphatic rings. The molecule has 0 aromatic heterocycles. The first-order valence-corrected chi connectivity index (χ1v) is 7.48. The van der Waals surface area contributed by atoms with Crippen LogP contribution in [0.25, 0.3) is 0 Å². The van der Waals surface area contributed by atoms with Crippen molar-refractivity contribution in [2.75, 3.05) is 11.6 Å². The van der Waals surface area contributed by atoms with Crippen LogP contribution in [0.1, 0.15) is 11.1 Å². The highest BCUT2D eigenvalue weighted by atomic mass is 32.2. The SMILES string of the molecule is CSc1ccc(Nc2ccc(CN)cc2)c(C(F)(F)F)c1. The first kappa shape index (κ1) is 15.7. The summed E-state index contributed by atoms with van der Waals surface area (Å²) in [7, 11) is 0. The Kier molecular flexibility index (Phi) is 4.80. The minimum Gasteiger partial charge on any atom is -0.355 e. The van der Waals surface area contributed by atoms with Gasteiger partial charge in [-0.05, 0) is 42.2 Å². The highest BCUT2D eigenvalue weighted by molar-refractivity contribution is 7.98. The van der Waals surface area contributed by atoms with Gasteiger partial charge in [-0.1, -0.05) is 12.1 Å². The molecular formula is C15H15F3N2S. The quantitative estimate of drug-likeness (QED) is 0.808. The van der Waals surface area contributed by atoms with Crippen LogP contribution < -0.4 is 11.1 Å². The number of halogens is 3. The van der Waals surface area contributed by atoms with Gasteiger partial charge in [0.1, 0.15) is 0 Å². The number of nitrogens with two attached hydrogens (primary N) is 1. The second-order valence-electron chi connectivity index (χ2n) is 4.44. The number of hydrogen-bond acceptors (Lipinski definition) is 3. The van der Waals surface area contributed by atoms with Gasteiger partial charge in [-0.25, -0.2) is 0 Å². The lowest BCUT2D eigenvalue weighted by molar-refractivity contribution is -0.137. The number of rotatable bonds is 4. The molecule has 0 aliphatic heterocycles. The fourth-order valence-electron chi connectivity index (χ4n) is 1.87. The Balaban J connectivity index is 2.34. The molecule has 0 spiro atoms. The van der Waals surface area contributed by atoms with Crippen molar-refractivity contribution in [2.24, 2.45) is 5.73 Å². The van der Waals surface area contributed by atoms with E-state index in [2.05, 4.69) is 5.32 Å². The van der Waals surface area contributed by atoms with Gasteiger partial charge in [-0.2, -0.15) is 13.2 Å². The van der Waals surface area contributed by atoms with Crippen molar-refractivity contribution in [3.8, 4) is 0 Å². The lowest BCUT2D eigenvalue weighted by Gasteiger charge is -2.16. The predicted octanol–water partition coefficient (Wildman–Crippen LogP) is 4.63. The summed E-state index contributed by atoms with van der Waals surface area (Å²) < 4.78 is 39.4. The zero-order valence-corrected chi connectivity index (χ0v) is 12.2. The number of hydrogen-bond donors (Lipinski definition) is 2. The molecule has 0 radical (unpaired) electrons. The van der Waals surface area contributed by atoms with Crippen molar-refractivity contribution >= 4 is 23.1 Å². The van der Waals surface area contributed by atoms with E-state index in [0.29, 0.717) is 17.1 Å². The summed E-state index contributed by atoms with van der Waals surface area (Å²) in [6.07, 6.45) is -2.65. The molecule has 0 unspecified atom stereocenters. The van der Waals surface area contributed by atoms with Crippen LogP contribution in [0.4, 0.5) is 24.5 Å². The Morgan fingerprint density at radius 3 is 2.29 bits per heavy atom. The molecule has 2 aromatic carbocycles. The molecule has 0 aliphatic carbocycles. The van der Waals surface area contributed by atoms with E-state index in [9.17, 15) is 13.2 Å². The van der Waals surface area contributed by atoms with E-state index < -0.39 is 11.7 Å². The van der Waals surface area contributed by atoms with Crippen molar-refractivity contribution in [3.63, 3.8) is 0 Å². The van der Waals surface area contributed by atoms with Crippen molar-refractivity contribution in [2.45, 2.75) is 17.6 Å². The standard InChI is InChI=1S/C15H15F3N2S/c1-21-12-6-7-14(13(8-12)15(16,17)18)20-11-4-2-10(9-19)3-5-11/h2-8,20H,9,19H2,1H3. The molecule has 6 heteroatoms. The fraction of sp³-hybridized carbons (Fsp3) is 0.200. The van der Waals surface area contributed by atoms with Gasteiger partial charge in [0.15, 0.2) is 0 Å². The lowest BCUT2D eigenvalue weighted by atomic mass is 10.1. The van der Waals surface area contributed by atoms with Crippen LogP contribution in [0.2, 0.25) is 0 Å². The second-order valence-corrected chi connectivity index (χ2v) is 5.31. The van der Waals surface area contributed by atoms with E-state index in [4.69, 9.17) is 5.73 Å². The lowest BCUT2D eigenvalue weighted by Crippen LogP contribution is -2.09. The monoisotopic (exact) mass is 312 g/mol. The summed E-state index contributed by atoms with van der Waals surface area (Å²) in [5, 5.41) is 2.81. The first-order valence-electron chi connectivity index (χ1n) is 6.25. The molecule has 0 saturated carbocycles. The van der Waals surface area contributed by atoms with Crippen LogP contribution in [0.15, 0.2) is 47.4 Å². The van der Waals surface area contributed by atoms with Crippen molar-refractivity contribution < 1.29 is 13.2 Å². The van der Waals surface area contributed by atoms with Crippen molar-refractivity contribution in [1.29, 1.82) is 0 Å². The Labute approximate surface area is 125 Å². The maximum absolute atomic E-state index is 13.1. The molecule has 0 bridgehead atoms. The summed E-state index contributed by atoms with van der Waals surface area (Å²) in [6.45, 7) is 0.399. The van der Waals surface area contributed by atoms with Crippen LogP contribution in [0.3, 0.4) is 0 Å². The highest BCUT2D eigenvalue weighted by Crippen LogP contribution is 2.38. The van der Waals surface area contributed by atoms with E-state index in [-0.39, 0.29) is 5.69 Å². The molecule has 0 saturated heterocycles. The molecular weight excluding hydrogens is 297 g/mol. The number of benzene rings is 2. The minimum absolute atomic E-state index is 0.0424. The third-order valence-corrected chi connectivity index (χ3v) is 3.73. The molecule has 3 N–H and O–H groups in total. The first-order chi connectivity index (χ1) is 9.94. The largest absolute Gasteiger partial charge is 0.418 e. The molecule has 2 aromatic rings. The minimum atomic E-state index is -4.40. The van der Waals surface area contributed by atoms with E-state index in [0.717, 1.165) is 11.6 Å². The highest BCUT2D eigenvalue weighted by Gasteiger charge is 2.33. The van der Waals surface area contributed by atoms with Crippen molar-refractivity contribution in [1.82, 2.24) is 0 Å². The van der Waals surface area contributed by atoms with Gasteiger partial charge in [0, 0.05) is 17.1 Å². The molecule has 21 heavy (non-hydrogen) atoms. The van der Waals surface area contributed by atoms with Crippen molar-refractivity contribution in [3.05, 3.63) is 53.6 Å². The molecule has 2 nitrogen and oxygen atoms in total. The normalized spacial score (nSPS) is 11.5. The van der Waals surface area contributed by atoms with E-state index in [1.54, 1.807) is 36.6 Å². The average molecular weight is 312 g/mol. The zero-order valence-electron chi connectivity index (χ0n) is 11.4. The Morgan fingerprint density at radius 2 is 1.76 bits per heavy atom. The van der Waals surface area contributed by atoms with Gasteiger partial charge in [0.25, 0.3) is 0 Å². The number of anilines is 2. The van der Waals surface area contributed by atoms with Crippen LogP contribution in [-0.2, 0) is 12.7 Å². The van der Waals surface area contributed by atoms with Gasteiger partial charge in [0.2, 0.25) is 0 Å². The maximum atomic E-state index is 13.1. The summed E-state index contributed by atoms with van der Waals surface area (Å²) >= 11 is 1.28. The molecule has 0 fully saturated rings. The predicted molar refractivity (Wildman–Crippen MR) is 80.8 cm³/mol. The summed E-state index contributed by atoms with van der Waals surface area (Å²) in [4.78, 5) is 0.575. The van der Waals surface area contributed by atoms with Crippen LogP contribution in [-0.4, -0.2) is 6.26 Å². The Morgan fingerprint density at radius 1 is 1.10 bits per heavy atom. The molecule has 2 rings (SSSR count). The van der Waals surface area contributed by atoms with Crippen LogP contribution >= 0.6 is 11.8 Å². The second kappa shape index (κ2) is 6.41. The van der Waals surface area contributed by atoms with Crippen LogP contribution in [0.5, 0.6) is 0 Å². The number of thioether (sulfide) groups is 1. The smallest absolute Gasteiger partial charge is 0.355 e. The third kappa shape index (κ3) is 3.92. The van der Waals surface area contributed by atoms with Gasteiger partial charge in [-0.3, -0.25) is 0 Å². The topological polar surface area (TPSA) is 38.0 Å². The molecule has 0 heterocycles. The average Bonchev–Trinajstić information content (AvgIpc) is 2.47. The number of nitrogens with one attached hydrogen (secondary N) is 1. The third-order valence-electron chi connectivity index (χ3n) is 3.00. The summed E-state index contributed by atoms with van der Waals surface area (Å²) in [5.74, 6) is 0. The summed E-state index contributed by atoms with van der Waals surface area (Å²) in [5.41, 5.74) is 6.38. The summed E-state index contributed by atoms with van der Waals surface area (Å²) in [6, 6.07) is 11.3. The van der Waals surface area contributed by atoms with Gasteiger partial charge in [0.05, 0.1) is 11.3 Å². The van der Waals surface area contributed by atoms with E-state index >= 15 is 0 Å². The maximum Gasteiger partial charge on any atom is 0.418 e. The Bertz CT molecular complexity index is 609.